The van der Waals surface area contributed by atoms with Crippen LogP contribution in [-0.2, 0) is 20.8 Å². The van der Waals surface area contributed by atoms with E-state index in [0.717, 1.165) is 16.3 Å². The van der Waals surface area contributed by atoms with Crippen LogP contribution >= 0.6 is 11.3 Å². The molecule has 8 nitrogen and oxygen atoms in total. The first-order valence-corrected chi connectivity index (χ1v) is 11.3. The Morgan fingerprint density at radius 1 is 1.13 bits per heavy atom. The van der Waals surface area contributed by atoms with Crippen molar-refractivity contribution in [1.29, 1.82) is 0 Å². The highest BCUT2D eigenvalue weighted by Gasteiger charge is 2.28. The Bertz CT molecular complexity index is 935. The van der Waals surface area contributed by atoms with Gasteiger partial charge in [0.1, 0.15) is 10.8 Å². The fourth-order valence-corrected chi connectivity index (χ4v) is 4.18. The number of nitrogens with one attached hydrogen (secondary N) is 1. The summed E-state index contributed by atoms with van der Waals surface area (Å²) < 4.78 is 5.68. The molecular formula is C22H28N4O4S. The molecule has 2 aromatic rings. The number of hydrogen-bond acceptors (Lipinski definition) is 6. The van der Waals surface area contributed by atoms with E-state index >= 15 is 0 Å². The number of ether oxygens (including phenoxy) is 1. The molecule has 0 bridgehead atoms. The number of rotatable bonds is 6. The van der Waals surface area contributed by atoms with E-state index in [1.165, 1.54) is 16.2 Å². The Kier molecular flexibility index (Phi) is 7.62. The Hall–Kier alpha value is -2.94. The summed E-state index contributed by atoms with van der Waals surface area (Å²) in [6.07, 6.45) is 0.203. The lowest BCUT2D eigenvalue weighted by atomic mass is 10.2. The van der Waals surface area contributed by atoms with Crippen LogP contribution in [0.4, 0.5) is 0 Å². The van der Waals surface area contributed by atoms with Crippen LogP contribution in [0.25, 0.3) is 10.6 Å². The largest absolute Gasteiger partial charge is 0.493 e. The first-order chi connectivity index (χ1) is 14.9. The zero-order valence-electron chi connectivity index (χ0n) is 18.1. The van der Waals surface area contributed by atoms with E-state index in [4.69, 9.17) is 4.74 Å². The fourth-order valence-electron chi connectivity index (χ4n) is 3.33. The summed E-state index contributed by atoms with van der Waals surface area (Å²) >= 11 is 1.48. The molecule has 1 N–H and O–H groups in total. The van der Waals surface area contributed by atoms with Gasteiger partial charge in [-0.15, -0.1) is 11.3 Å². The normalized spacial score (nSPS) is 13.9. The van der Waals surface area contributed by atoms with E-state index < -0.39 is 11.8 Å². The van der Waals surface area contributed by atoms with Crippen molar-refractivity contribution in [2.24, 2.45) is 0 Å². The standard InChI is InChI=1S/C22H28N4O4S/c1-4-30-18-8-6-5-7-17(18)21-24-16(14-31-21)13-19(27)25-9-11-26(12-10-25)22(29)20(28)23-15(2)3/h5-8,14-15H,4,9-13H2,1-3H3,(H,23,28). The molecule has 0 aliphatic carbocycles. The van der Waals surface area contributed by atoms with Gasteiger partial charge in [0, 0.05) is 37.6 Å². The molecule has 0 radical (unpaired) electrons. The van der Waals surface area contributed by atoms with Crippen LogP contribution in [0.15, 0.2) is 29.6 Å². The smallest absolute Gasteiger partial charge is 0.312 e. The van der Waals surface area contributed by atoms with Crippen molar-refractivity contribution in [2.75, 3.05) is 32.8 Å². The predicted molar refractivity (Wildman–Crippen MR) is 119 cm³/mol. The maximum atomic E-state index is 12.7. The highest BCUT2D eigenvalue weighted by atomic mass is 32.1. The second-order valence-electron chi connectivity index (χ2n) is 7.55. The number of aromatic nitrogens is 1. The lowest BCUT2D eigenvalue weighted by Gasteiger charge is -2.34. The van der Waals surface area contributed by atoms with Crippen LogP contribution in [-0.4, -0.2) is 71.3 Å². The maximum Gasteiger partial charge on any atom is 0.312 e. The Morgan fingerprint density at radius 2 is 1.81 bits per heavy atom. The van der Waals surface area contributed by atoms with Crippen LogP contribution in [0, 0.1) is 0 Å². The highest BCUT2D eigenvalue weighted by Crippen LogP contribution is 2.32. The van der Waals surface area contributed by atoms with Gasteiger partial charge in [-0.05, 0) is 32.9 Å². The summed E-state index contributed by atoms with van der Waals surface area (Å²) in [5.41, 5.74) is 1.63. The number of carbonyl (C=O) groups is 3. The van der Waals surface area contributed by atoms with Gasteiger partial charge in [-0.3, -0.25) is 14.4 Å². The molecule has 31 heavy (non-hydrogen) atoms. The van der Waals surface area contributed by atoms with E-state index in [1.807, 2.05) is 36.6 Å². The lowest BCUT2D eigenvalue weighted by Crippen LogP contribution is -2.54. The third-order valence-electron chi connectivity index (χ3n) is 4.84. The van der Waals surface area contributed by atoms with Gasteiger partial charge < -0.3 is 19.9 Å². The predicted octanol–water partition coefficient (Wildman–Crippen LogP) is 1.95. The van der Waals surface area contributed by atoms with Gasteiger partial charge in [-0.1, -0.05) is 12.1 Å². The molecule has 1 fully saturated rings. The second kappa shape index (κ2) is 10.4. The zero-order chi connectivity index (χ0) is 22.4. The van der Waals surface area contributed by atoms with E-state index in [1.54, 1.807) is 18.7 Å². The maximum absolute atomic E-state index is 12.7. The minimum atomic E-state index is -0.600. The summed E-state index contributed by atoms with van der Waals surface area (Å²) in [5, 5.41) is 5.32. The summed E-state index contributed by atoms with van der Waals surface area (Å²) in [7, 11) is 0. The molecule has 2 heterocycles. The molecule has 1 aliphatic rings. The summed E-state index contributed by atoms with van der Waals surface area (Å²) in [5.74, 6) is -0.400. The molecule has 0 saturated carbocycles. The number of carbonyl (C=O) groups excluding carboxylic acids is 3. The molecule has 0 spiro atoms. The number of amides is 3. The zero-order valence-corrected chi connectivity index (χ0v) is 18.9. The van der Waals surface area contributed by atoms with Crippen molar-refractivity contribution in [3.05, 3.63) is 35.3 Å². The van der Waals surface area contributed by atoms with Crippen molar-refractivity contribution in [1.82, 2.24) is 20.1 Å². The second-order valence-corrected chi connectivity index (χ2v) is 8.41. The fraction of sp³-hybridized carbons (Fsp3) is 0.455. The Labute approximate surface area is 186 Å². The molecule has 0 atom stereocenters. The van der Waals surface area contributed by atoms with E-state index in [9.17, 15) is 14.4 Å². The summed E-state index contributed by atoms with van der Waals surface area (Å²) in [6.45, 7) is 7.63. The van der Waals surface area contributed by atoms with Gasteiger partial charge in [0.25, 0.3) is 0 Å². The summed E-state index contributed by atoms with van der Waals surface area (Å²) in [6, 6.07) is 7.63. The molecular weight excluding hydrogens is 416 g/mol. The lowest BCUT2D eigenvalue weighted by molar-refractivity contribution is -0.148. The summed E-state index contributed by atoms with van der Waals surface area (Å²) in [4.78, 5) is 44.7. The van der Waals surface area contributed by atoms with Gasteiger partial charge in [-0.25, -0.2) is 4.98 Å². The topological polar surface area (TPSA) is 91.8 Å². The molecule has 1 saturated heterocycles. The molecule has 1 aliphatic heterocycles. The van der Waals surface area contributed by atoms with E-state index in [0.29, 0.717) is 38.5 Å². The SMILES string of the molecule is CCOc1ccccc1-c1nc(CC(=O)N2CCN(C(=O)C(=O)NC(C)C)CC2)cs1. The molecule has 1 aromatic heterocycles. The first kappa shape index (κ1) is 22.7. The number of piperazine rings is 1. The van der Waals surface area contributed by atoms with Gasteiger partial charge in [0.05, 0.1) is 24.3 Å². The van der Waals surface area contributed by atoms with Crippen molar-refractivity contribution in [3.8, 4) is 16.3 Å². The third-order valence-corrected chi connectivity index (χ3v) is 5.76. The number of hydrogen-bond donors (Lipinski definition) is 1. The quantitative estimate of drug-likeness (QED) is 0.688. The number of para-hydroxylation sites is 1. The first-order valence-electron chi connectivity index (χ1n) is 10.4. The van der Waals surface area contributed by atoms with Gasteiger partial charge in [-0.2, -0.15) is 0 Å². The van der Waals surface area contributed by atoms with Crippen molar-refractivity contribution in [2.45, 2.75) is 33.2 Å². The molecule has 0 unspecified atom stereocenters. The van der Waals surface area contributed by atoms with Gasteiger partial charge >= 0.3 is 11.8 Å². The van der Waals surface area contributed by atoms with Crippen LogP contribution in [0.3, 0.4) is 0 Å². The van der Waals surface area contributed by atoms with Crippen molar-refractivity contribution in [3.63, 3.8) is 0 Å². The van der Waals surface area contributed by atoms with Gasteiger partial charge in [0.2, 0.25) is 5.91 Å². The van der Waals surface area contributed by atoms with Gasteiger partial charge in [0.15, 0.2) is 0 Å². The van der Waals surface area contributed by atoms with E-state index in [-0.39, 0.29) is 18.4 Å². The third kappa shape index (κ3) is 5.81. The minimum Gasteiger partial charge on any atom is -0.493 e. The average molecular weight is 445 g/mol. The molecule has 3 rings (SSSR count). The molecule has 1 aromatic carbocycles. The minimum absolute atomic E-state index is 0.0336. The molecule has 9 heteroatoms. The number of benzene rings is 1. The van der Waals surface area contributed by atoms with Crippen LogP contribution in [0.5, 0.6) is 5.75 Å². The van der Waals surface area contributed by atoms with Crippen molar-refractivity contribution < 1.29 is 19.1 Å². The molecule has 166 valence electrons. The Morgan fingerprint density at radius 3 is 2.48 bits per heavy atom. The van der Waals surface area contributed by atoms with E-state index in [2.05, 4.69) is 10.3 Å². The average Bonchev–Trinajstić information content (AvgIpc) is 3.21. The van der Waals surface area contributed by atoms with Crippen molar-refractivity contribution >= 4 is 29.1 Å². The Balaban J connectivity index is 1.56. The monoisotopic (exact) mass is 444 g/mol. The van der Waals surface area contributed by atoms with Crippen LogP contribution in [0.1, 0.15) is 26.5 Å². The highest BCUT2D eigenvalue weighted by molar-refractivity contribution is 7.13. The van der Waals surface area contributed by atoms with Crippen LogP contribution < -0.4 is 10.1 Å². The molecule has 3 amide bonds. The number of thiazole rings is 1. The number of nitrogens with zero attached hydrogens (tertiary/aromatic N) is 3. The van der Waals surface area contributed by atoms with Crippen LogP contribution in [0.2, 0.25) is 0 Å².